The quantitative estimate of drug-likeness (QED) is 0.149. The van der Waals surface area contributed by atoms with Crippen LogP contribution in [0.3, 0.4) is 0 Å². The molecule has 1 unspecified atom stereocenters. The lowest BCUT2D eigenvalue weighted by molar-refractivity contribution is 0.201. The third-order valence-electron chi connectivity index (χ3n) is 7.95. The molecule has 0 amide bonds. The Hall–Kier alpha value is -5.68. The van der Waals surface area contributed by atoms with Gasteiger partial charge in [-0.3, -0.25) is 0 Å². The summed E-state index contributed by atoms with van der Waals surface area (Å²) in [6, 6.07) is 51.4. The zero-order valence-corrected chi connectivity index (χ0v) is 27.2. The number of hydrogen-bond donors (Lipinski definition) is 2. The molecule has 6 rings (SSSR count). The van der Waals surface area contributed by atoms with Gasteiger partial charge in [-0.2, -0.15) is 0 Å². The fourth-order valence-electron chi connectivity index (χ4n) is 5.11. The van der Waals surface area contributed by atoms with Crippen molar-refractivity contribution in [3.8, 4) is 28.7 Å². The van der Waals surface area contributed by atoms with Crippen LogP contribution in [0.1, 0.15) is 50.0 Å². The molecule has 0 saturated carbocycles. The fourth-order valence-corrected chi connectivity index (χ4v) is 5.11. The summed E-state index contributed by atoms with van der Waals surface area (Å²) in [4.78, 5) is 0. The van der Waals surface area contributed by atoms with Crippen LogP contribution in [0.15, 0.2) is 158 Å². The lowest BCUT2D eigenvalue weighted by Crippen LogP contribution is -2.18. The molecule has 0 bridgehead atoms. The Kier molecular flexibility index (Phi) is 10.8. The standard InChI is InChI=1S/C27H26N2O2.C15H16O/c1-27(2,19-3-11-23(12-4-19)30-25-15-7-21(28)8-16-25)20-5-13-24(14-6-20)31-26-17-9-22(29)10-18-26;1-2-15(13-9-5-3-6-10-13)16-14-11-7-4-8-12-14/h3-18H,28-29H2,1-2H3;3-12,15H,2H2,1H3. The van der Waals surface area contributed by atoms with Gasteiger partial charge in [-0.25, -0.2) is 0 Å². The summed E-state index contributed by atoms with van der Waals surface area (Å²) in [7, 11) is 0. The molecule has 5 heteroatoms. The molecule has 0 aliphatic heterocycles. The van der Waals surface area contributed by atoms with Gasteiger partial charge in [0.2, 0.25) is 0 Å². The van der Waals surface area contributed by atoms with E-state index < -0.39 is 0 Å². The van der Waals surface area contributed by atoms with Crippen molar-refractivity contribution >= 4 is 11.4 Å². The Morgan fingerprint density at radius 1 is 0.468 bits per heavy atom. The molecule has 0 heterocycles. The van der Waals surface area contributed by atoms with Gasteiger partial charge >= 0.3 is 0 Å². The van der Waals surface area contributed by atoms with Crippen LogP contribution in [0.25, 0.3) is 0 Å². The van der Waals surface area contributed by atoms with E-state index in [0.717, 1.165) is 35.2 Å². The number of rotatable bonds is 10. The normalized spacial score (nSPS) is 11.5. The van der Waals surface area contributed by atoms with Crippen molar-refractivity contribution in [3.63, 3.8) is 0 Å². The molecule has 47 heavy (non-hydrogen) atoms. The molecule has 1 atom stereocenters. The molecule has 0 fully saturated rings. The highest BCUT2D eigenvalue weighted by Crippen LogP contribution is 2.35. The molecule has 5 nitrogen and oxygen atoms in total. The molecule has 0 aromatic heterocycles. The Bertz CT molecular complexity index is 1690. The van der Waals surface area contributed by atoms with Crippen molar-refractivity contribution in [2.75, 3.05) is 11.5 Å². The van der Waals surface area contributed by atoms with Gasteiger partial charge in [-0.1, -0.05) is 93.6 Å². The maximum absolute atomic E-state index is 5.95. The first-order valence-corrected chi connectivity index (χ1v) is 15.8. The topological polar surface area (TPSA) is 79.7 Å². The average Bonchev–Trinajstić information content (AvgIpc) is 3.11. The summed E-state index contributed by atoms with van der Waals surface area (Å²) in [6.07, 6.45) is 1.11. The van der Waals surface area contributed by atoms with E-state index in [1.807, 2.05) is 121 Å². The summed E-state index contributed by atoms with van der Waals surface area (Å²) in [5, 5.41) is 0. The Morgan fingerprint density at radius 2 is 0.830 bits per heavy atom. The van der Waals surface area contributed by atoms with Crippen molar-refractivity contribution in [2.45, 2.75) is 38.7 Å². The minimum absolute atomic E-state index is 0.142. The first-order chi connectivity index (χ1) is 22.8. The van der Waals surface area contributed by atoms with E-state index in [2.05, 4.69) is 57.2 Å². The second-order valence-corrected chi connectivity index (χ2v) is 11.8. The maximum atomic E-state index is 5.95. The largest absolute Gasteiger partial charge is 0.486 e. The molecule has 6 aromatic rings. The van der Waals surface area contributed by atoms with E-state index in [1.54, 1.807) is 0 Å². The Balaban J connectivity index is 0.000000227. The monoisotopic (exact) mass is 622 g/mol. The van der Waals surface area contributed by atoms with Gasteiger partial charge in [-0.15, -0.1) is 0 Å². The van der Waals surface area contributed by atoms with E-state index >= 15 is 0 Å². The Labute approximate surface area is 278 Å². The summed E-state index contributed by atoms with van der Waals surface area (Å²) >= 11 is 0. The van der Waals surface area contributed by atoms with Gasteiger partial charge in [0.15, 0.2) is 0 Å². The number of hydrogen-bond acceptors (Lipinski definition) is 5. The molecule has 4 N–H and O–H groups in total. The van der Waals surface area contributed by atoms with Gasteiger partial charge < -0.3 is 25.7 Å². The zero-order chi connectivity index (χ0) is 33.1. The average molecular weight is 623 g/mol. The van der Waals surface area contributed by atoms with Crippen LogP contribution in [0.2, 0.25) is 0 Å². The highest BCUT2D eigenvalue weighted by Gasteiger charge is 2.23. The molecular formula is C42H42N2O3. The Morgan fingerprint density at radius 3 is 1.21 bits per heavy atom. The summed E-state index contributed by atoms with van der Waals surface area (Å²) in [6.45, 7) is 6.55. The molecule has 0 spiro atoms. The first-order valence-electron chi connectivity index (χ1n) is 15.8. The minimum Gasteiger partial charge on any atom is -0.486 e. The highest BCUT2D eigenvalue weighted by molar-refractivity contribution is 5.46. The molecular weight excluding hydrogens is 580 g/mol. The zero-order valence-electron chi connectivity index (χ0n) is 27.2. The van der Waals surface area contributed by atoms with E-state index in [4.69, 9.17) is 25.7 Å². The van der Waals surface area contributed by atoms with E-state index in [0.29, 0.717) is 11.4 Å². The SMILES string of the molecule is CC(C)(c1ccc(Oc2ccc(N)cc2)cc1)c1ccc(Oc2ccc(N)cc2)cc1.CCC(Oc1ccccc1)c1ccccc1. The minimum atomic E-state index is -0.167. The molecule has 0 aliphatic carbocycles. The molecule has 0 radical (unpaired) electrons. The van der Waals surface area contributed by atoms with Crippen LogP contribution in [-0.2, 0) is 5.41 Å². The van der Waals surface area contributed by atoms with Gasteiger partial charge in [0.1, 0.15) is 34.9 Å². The van der Waals surface area contributed by atoms with E-state index in [-0.39, 0.29) is 11.5 Å². The van der Waals surface area contributed by atoms with Gasteiger partial charge in [-0.05, 0) is 108 Å². The second kappa shape index (κ2) is 15.5. The van der Waals surface area contributed by atoms with Crippen LogP contribution in [0.4, 0.5) is 11.4 Å². The molecule has 0 aliphatic rings. The van der Waals surface area contributed by atoms with E-state index in [1.165, 1.54) is 16.7 Å². The van der Waals surface area contributed by atoms with Crippen LogP contribution in [0.5, 0.6) is 28.7 Å². The van der Waals surface area contributed by atoms with Gasteiger partial charge in [0.05, 0.1) is 0 Å². The van der Waals surface area contributed by atoms with Crippen molar-refractivity contribution in [3.05, 3.63) is 174 Å². The number of nitrogens with two attached hydrogens (primary N) is 2. The lowest BCUT2D eigenvalue weighted by Gasteiger charge is -2.26. The number of nitrogen functional groups attached to an aromatic ring is 2. The summed E-state index contributed by atoms with van der Waals surface area (Å²) < 4.78 is 17.8. The van der Waals surface area contributed by atoms with Crippen molar-refractivity contribution in [1.82, 2.24) is 0 Å². The van der Waals surface area contributed by atoms with E-state index in [9.17, 15) is 0 Å². The number of para-hydroxylation sites is 1. The number of ether oxygens (including phenoxy) is 3. The first kappa shape index (κ1) is 32.7. The molecule has 0 saturated heterocycles. The van der Waals surface area contributed by atoms with Crippen LogP contribution < -0.4 is 25.7 Å². The third kappa shape index (κ3) is 9.18. The van der Waals surface area contributed by atoms with Gasteiger partial charge in [0, 0.05) is 16.8 Å². The molecule has 238 valence electrons. The lowest BCUT2D eigenvalue weighted by atomic mass is 9.78. The predicted octanol–water partition coefficient (Wildman–Crippen LogP) is 11.0. The summed E-state index contributed by atoms with van der Waals surface area (Å²) in [5.74, 6) is 4.03. The number of benzene rings is 6. The van der Waals surface area contributed by atoms with Crippen LogP contribution in [-0.4, -0.2) is 0 Å². The van der Waals surface area contributed by atoms with Crippen LogP contribution >= 0.6 is 0 Å². The maximum Gasteiger partial charge on any atom is 0.127 e. The predicted molar refractivity (Wildman–Crippen MR) is 193 cm³/mol. The fraction of sp³-hybridized carbons (Fsp3) is 0.143. The summed E-state index contributed by atoms with van der Waals surface area (Å²) in [5.41, 5.74) is 16.4. The third-order valence-corrected chi connectivity index (χ3v) is 7.95. The van der Waals surface area contributed by atoms with Crippen molar-refractivity contribution in [2.24, 2.45) is 0 Å². The van der Waals surface area contributed by atoms with Crippen molar-refractivity contribution in [1.29, 1.82) is 0 Å². The smallest absolute Gasteiger partial charge is 0.127 e. The van der Waals surface area contributed by atoms with Crippen LogP contribution in [0, 0.1) is 0 Å². The second-order valence-electron chi connectivity index (χ2n) is 11.8. The molecule has 6 aromatic carbocycles. The van der Waals surface area contributed by atoms with Crippen molar-refractivity contribution < 1.29 is 14.2 Å². The number of anilines is 2. The van der Waals surface area contributed by atoms with Gasteiger partial charge in [0.25, 0.3) is 0 Å². The highest BCUT2D eigenvalue weighted by atomic mass is 16.5.